The second kappa shape index (κ2) is 20.9. The van der Waals surface area contributed by atoms with Crippen molar-refractivity contribution in [3.8, 4) is 23.0 Å². The number of aliphatic hydroxyl groups is 2. The van der Waals surface area contributed by atoms with E-state index in [-0.39, 0.29) is 90.5 Å². The van der Waals surface area contributed by atoms with E-state index in [4.69, 9.17) is 28.4 Å². The minimum atomic E-state index is -1.49. The lowest BCUT2D eigenvalue weighted by atomic mass is 9.85. The summed E-state index contributed by atoms with van der Waals surface area (Å²) in [5, 5.41) is 35.2. The number of nitro groups is 1. The van der Waals surface area contributed by atoms with Crippen molar-refractivity contribution in [1.82, 2.24) is 14.8 Å². The molecule has 3 fully saturated rings. The number of carbonyl (C=O) groups excluding carboxylic acids is 4. The maximum absolute atomic E-state index is 14.2. The molecule has 20 nitrogen and oxygen atoms in total. The van der Waals surface area contributed by atoms with Crippen molar-refractivity contribution in [1.29, 1.82) is 0 Å². The van der Waals surface area contributed by atoms with E-state index in [2.05, 4.69) is 18.1 Å². The predicted octanol–water partition coefficient (Wildman–Crippen LogP) is 7.89. The van der Waals surface area contributed by atoms with Crippen LogP contribution in [0.5, 0.6) is 23.0 Å². The number of methoxy groups -OCH3 is 2. The third-order valence-electron chi connectivity index (χ3n) is 12.9. The van der Waals surface area contributed by atoms with Gasteiger partial charge in [0, 0.05) is 31.3 Å². The van der Waals surface area contributed by atoms with Crippen LogP contribution in [0.2, 0.25) is 0 Å². The van der Waals surface area contributed by atoms with Crippen LogP contribution in [0.25, 0.3) is 0 Å². The van der Waals surface area contributed by atoms with Gasteiger partial charge in [-0.1, -0.05) is 41.5 Å². The maximum Gasteiger partial charge on any atom is 0.417 e. The van der Waals surface area contributed by atoms with Crippen molar-refractivity contribution < 1.29 is 62.7 Å². The molecule has 1 unspecified atom stereocenters. The highest BCUT2D eigenvalue weighted by Gasteiger charge is 2.49. The van der Waals surface area contributed by atoms with Gasteiger partial charge in [-0.15, -0.1) is 0 Å². The summed E-state index contributed by atoms with van der Waals surface area (Å²) in [6.07, 6.45) is 1.27. The number of carbonyl (C=O) groups is 4. The number of amides is 4. The van der Waals surface area contributed by atoms with E-state index in [0.29, 0.717) is 30.7 Å². The first kappa shape index (κ1) is 51.1. The Morgan fingerprint density at radius 2 is 1.34 bits per heavy atom. The van der Waals surface area contributed by atoms with Crippen molar-refractivity contribution in [3.05, 3.63) is 88.1 Å². The van der Waals surface area contributed by atoms with Crippen LogP contribution in [0.1, 0.15) is 92.9 Å². The number of fused-ring (bicyclic) bond motifs is 4. The summed E-state index contributed by atoms with van der Waals surface area (Å²) in [6.45, 7) is 14.0. The van der Waals surface area contributed by atoms with Gasteiger partial charge in [-0.25, -0.2) is 24.4 Å². The van der Waals surface area contributed by atoms with Crippen LogP contribution in [-0.2, 0) is 9.47 Å². The van der Waals surface area contributed by atoms with E-state index in [0.717, 1.165) is 40.2 Å². The maximum atomic E-state index is 14.2. The Hall–Kier alpha value is -6.23. The molecule has 1 aromatic heterocycles. The summed E-state index contributed by atoms with van der Waals surface area (Å²) in [7, 11) is 5.69. The van der Waals surface area contributed by atoms with Crippen LogP contribution in [0.15, 0.2) is 71.9 Å². The smallest absolute Gasteiger partial charge is 0.417 e. The Balaban J connectivity index is 0.935. The van der Waals surface area contributed by atoms with E-state index < -0.39 is 63.8 Å². The molecule has 2 N–H and O–H groups in total. The Labute approximate surface area is 418 Å². The number of pyridine rings is 1. The third kappa shape index (κ3) is 10.7. The van der Waals surface area contributed by atoms with Crippen molar-refractivity contribution in [2.24, 2.45) is 0 Å². The highest BCUT2D eigenvalue weighted by molar-refractivity contribution is 8.77. The number of ether oxygens (including phenoxy) is 6. The van der Waals surface area contributed by atoms with Gasteiger partial charge >= 0.3 is 12.2 Å². The molecule has 0 radical (unpaired) electrons. The molecule has 1 aliphatic carbocycles. The fraction of sp³-hybridized carbons (Fsp3) is 0.490. The first-order valence-electron chi connectivity index (χ1n) is 23.3. The number of benzene rings is 2. The average Bonchev–Trinajstić information content (AvgIpc) is 3.88. The molecule has 71 heavy (non-hydrogen) atoms. The minimum absolute atomic E-state index is 0.00414. The summed E-state index contributed by atoms with van der Waals surface area (Å²) >= 11 is 0. The average molecular weight is 1020 g/mol. The number of rotatable bonds is 16. The Morgan fingerprint density at radius 1 is 0.817 bits per heavy atom. The first-order valence-corrected chi connectivity index (χ1v) is 25.4. The molecule has 4 amide bonds. The van der Waals surface area contributed by atoms with Crippen molar-refractivity contribution in [2.75, 3.05) is 56.9 Å². The lowest BCUT2D eigenvalue weighted by molar-refractivity contribution is -0.385. The monoisotopic (exact) mass is 1020 g/mol. The Kier molecular flexibility index (Phi) is 15.0. The van der Waals surface area contributed by atoms with E-state index in [1.165, 1.54) is 82.1 Å². The van der Waals surface area contributed by atoms with Crippen LogP contribution in [0.4, 0.5) is 26.7 Å². The standard InChI is InChI=1S/C49H58N6O14S2/c1-28-18-35-44(58)53(46(60)68-27-49(14-11-15-49)71-70-41-13-12-30(24-50-41)55(62)63)33-22-39(37(64-6)20-31(33)42(56)51(35)25-28)66-16-9-8-10-17-67-40-23-34-32(21-38(40)65-7)43(57)52-26-29(2)19-36(52)45(59)54(34)47(61)69-48(3,4)5/h12-13,20-24,35-36,44-45,58-59H,1-2,8-11,14-19,25-27H2,3-7H3/t35-,36?,44-,45-/m0/s1. The van der Waals surface area contributed by atoms with Crippen LogP contribution in [0, 0.1) is 10.1 Å². The molecule has 0 bridgehead atoms. The molecule has 1 saturated carbocycles. The van der Waals surface area contributed by atoms with Gasteiger partial charge in [0.15, 0.2) is 35.5 Å². The predicted molar refractivity (Wildman–Crippen MR) is 263 cm³/mol. The van der Waals surface area contributed by atoms with Crippen LogP contribution in [0.3, 0.4) is 0 Å². The zero-order valence-electron chi connectivity index (χ0n) is 40.3. The summed E-state index contributed by atoms with van der Waals surface area (Å²) in [5.74, 6) is 0.175. The lowest BCUT2D eigenvalue weighted by Gasteiger charge is -2.40. The Bertz CT molecular complexity index is 2600. The number of hydrogen-bond donors (Lipinski definition) is 2. The summed E-state index contributed by atoms with van der Waals surface area (Å²) in [4.78, 5) is 76.0. The highest BCUT2D eigenvalue weighted by Crippen LogP contribution is 2.52. The van der Waals surface area contributed by atoms with E-state index >= 15 is 0 Å². The van der Waals surface area contributed by atoms with Crippen LogP contribution < -0.4 is 28.7 Å². The highest BCUT2D eigenvalue weighted by atomic mass is 33.1. The van der Waals surface area contributed by atoms with Gasteiger partial charge in [-0.2, -0.15) is 0 Å². The fourth-order valence-corrected chi connectivity index (χ4v) is 11.9. The van der Waals surface area contributed by atoms with Crippen molar-refractivity contribution in [3.63, 3.8) is 0 Å². The van der Waals surface area contributed by atoms with Crippen molar-refractivity contribution >= 4 is 62.7 Å². The molecular formula is C49H58N6O14S2. The van der Waals surface area contributed by atoms with E-state index in [1.807, 2.05) is 0 Å². The number of anilines is 2. The molecule has 0 spiro atoms. The topological polar surface area (TPSA) is 233 Å². The molecule has 4 aliphatic heterocycles. The number of aromatic nitrogens is 1. The van der Waals surface area contributed by atoms with Gasteiger partial charge in [-0.05, 0) is 94.7 Å². The third-order valence-corrected chi connectivity index (χ3v) is 16.1. The summed E-state index contributed by atoms with van der Waals surface area (Å²) < 4.78 is 34.9. The van der Waals surface area contributed by atoms with Crippen molar-refractivity contribution in [2.45, 2.75) is 112 Å². The van der Waals surface area contributed by atoms with Crippen LogP contribution >= 0.6 is 21.6 Å². The van der Waals surface area contributed by atoms with Gasteiger partial charge in [0.25, 0.3) is 17.5 Å². The molecular weight excluding hydrogens is 961 g/mol. The molecule has 8 rings (SSSR count). The number of aliphatic hydroxyl groups excluding tert-OH is 2. The minimum Gasteiger partial charge on any atom is -0.493 e. The summed E-state index contributed by atoms with van der Waals surface area (Å²) in [5.41, 5.74) is 0.930. The van der Waals surface area contributed by atoms with Gasteiger partial charge in [0.05, 0.1) is 71.7 Å². The SMILES string of the molecule is C=C1CC2[C@H](O)N(C(=O)OC(C)(C)C)c3cc(OCCCCCOc4cc5c(cc4OC)C(=O)N4CC(=C)C[C@H]4[C@H](O)N5C(=O)OCC4(SSc5ccc([N+](=O)[O-])cn5)CCC4)c(OC)cc3C(=O)N2C1. The zero-order chi connectivity index (χ0) is 50.9. The quantitative estimate of drug-likeness (QED) is 0.0456. The molecule has 2 saturated heterocycles. The Morgan fingerprint density at radius 3 is 1.77 bits per heavy atom. The van der Waals surface area contributed by atoms with Gasteiger partial charge in [-0.3, -0.25) is 19.7 Å². The molecule has 3 aromatic rings. The second-order valence-electron chi connectivity index (χ2n) is 19.1. The normalized spacial score (nSPS) is 21.3. The van der Waals surface area contributed by atoms with Crippen LogP contribution in [-0.4, -0.2) is 136 Å². The lowest BCUT2D eigenvalue weighted by Crippen LogP contribution is -2.51. The molecule has 22 heteroatoms. The van der Waals surface area contributed by atoms with Gasteiger partial charge < -0.3 is 48.4 Å². The largest absolute Gasteiger partial charge is 0.493 e. The molecule has 5 aliphatic rings. The summed E-state index contributed by atoms with van der Waals surface area (Å²) in [6, 6.07) is 7.45. The first-order chi connectivity index (χ1) is 33.8. The van der Waals surface area contributed by atoms with E-state index in [9.17, 15) is 39.5 Å². The molecule has 4 atom stereocenters. The van der Waals surface area contributed by atoms with Gasteiger partial charge in [0.2, 0.25) is 0 Å². The second-order valence-corrected chi connectivity index (χ2v) is 21.7. The molecule has 380 valence electrons. The number of nitrogens with zero attached hydrogens (tertiary/aromatic N) is 6. The zero-order valence-corrected chi connectivity index (χ0v) is 41.9. The number of hydrogen-bond acceptors (Lipinski definition) is 17. The molecule has 2 aromatic carbocycles. The number of unbranched alkanes of at least 4 members (excludes halogenated alkanes) is 2. The fourth-order valence-electron chi connectivity index (χ4n) is 9.17. The van der Waals surface area contributed by atoms with Gasteiger partial charge in [0.1, 0.15) is 23.4 Å². The molecule has 5 heterocycles. The van der Waals surface area contributed by atoms with E-state index in [1.54, 1.807) is 26.8 Å².